The van der Waals surface area contributed by atoms with Crippen molar-refractivity contribution >= 4 is 61.5 Å². The van der Waals surface area contributed by atoms with Crippen LogP contribution in [0.1, 0.15) is 5.56 Å². The highest BCUT2D eigenvalue weighted by atomic mass is 35.5. The number of urea groups is 1. The van der Waals surface area contributed by atoms with E-state index in [0.29, 0.717) is 41.3 Å². The Morgan fingerprint density at radius 2 is 1.91 bits per heavy atom. The summed E-state index contributed by atoms with van der Waals surface area (Å²) >= 11 is 6.60. The molecule has 10 nitrogen and oxygen atoms in total. The highest BCUT2D eigenvalue weighted by molar-refractivity contribution is 7.92. The average molecular weight is 530 g/mol. The first-order valence-electron chi connectivity index (χ1n) is 10.2. The third kappa shape index (κ3) is 4.76. The predicted octanol–water partition coefficient (Wildman–Crippen LogP) is 3.39. The Hall–Kier alpha value is -3.74. The second kappa shape index (κ2) is 9.13. The van der Waals surface area contributed by atoms with Gasteiger partial charge in [0, 0.05) is 11.3 Å². The fourth-order valence-electron chi connectivity index (χ4n) is 3.42. The smallest absolute Gasteiger partial charge is 0.333 e. The molecule has 0 spiro atoms. The lowest BCUT2D eigenvalue weighted by Crippen LogP contribution is -2.33. The van der Waals surface area contributed by atoms with Crippen LogP contribution in [0.4, 0.5) is 10.5 Å². The molecule has 0 saturated heterocycles. The van der Waals surface area contributed by atoms with Gasteiger partial charge in [-0.1, -0.05) is 11.6 Å². The van der Waals surface area contributed by atoms with Gasteiger partial charge in [0.15, 0.2) is 0 Å². The van der Waals surface area contributed by atoms with E-state index in [9.17, 15) is 18.0 Å². The minimum absolute atomic E-state index is 0.0768. The molecule has 35 heavy (non-hydrogen) atoms. The summed E-state index contributed by atoms with van der Waals surface area (Å²) in [4.78, 5) is 33.9. The molecule has 4 aromatic rings. The van der Waals surface area contributed by atoms with Crippen molar-refractivity contribution in [2.75, 3.05) is 18.5 Å². The first-order valence-corrected chi connectivity index (χ1v) is 12.9. The average Bonchev–Trinajstić information content (AvgIpc) is 3.52. The second-order valence-corrected chi connectivity index (χ2v) is 11.0. The van der Waals surface area contributed by atoms with E-state index in [4.69, 9.17) is 16.3 Å². The van der Waals surface area contributed by atoms with Crippen LogP contribution in [0.2, 0.25) is 4.34 Å². The van der Waals surface area contributed by atoms with Gasteiger partial charge in [0.1, 0.15) is 17.1 Å². The number of hydrogen-bond acceptors (Lipinski definition) is 8. The van der Waals surface area contributed by atoms with Gasteiger partial charge in [-0.25, -0.2) is 27.9 Å². The van der Waals surface area contributed by atoms with Crippen LogP contribution in [0, 0.1) is 0 Å². The van der Waals surface area contributed by atoms with E-state index in [1.807, 2.05) is 4.72 Å². The summed E-state index contributed by atoms with van der Waals surface area (Å²) < 4.78 is 33.5. The highest BCUT2D eigenvalue weighted by Gasteiger charge is 2.20. The maximum absolute atomic E-state index is 13.0. The second-order valence-electron chi connectivity index (χ2n) is 7.35. The lowest BCUT2D eigenvalue weighted by molar-refractivity contribution is 0.256. The standard InChI is InChI=1S/C22H16ClN5O5S2/c23-18-7-8-19(34-18)35(31,32)27-22(30)26-14-2-4-15(5-3-14)28-12-25-17-11-13(20-24-9-10-33-20)1-6-16(17)21(28)29/h1-8,11-12H,9-10H2,(H2,26,27,30). The van der Waals surface area contributed by atoms with Crippen molar-refractivity contribution in [3.05, 3.63) is 81.2 Å². The highest BCUT2D eigenvalue weighted by Crippen LogP contribution is 2.25. The molecular weight excluding hydrogens is 514 g/mol. The lowest BCUT2D eigenvalue weighted by Gasteiger charge is -2.10. The number of sulfonamides is 1. The maximum atomic E-state index is 13.0. The number of carbonyl (C=O) groups is 1. The molecule has 2 amide bonds. The molecule has 0 atom stereocenters. The molecule has 178 valence electrons. The molecule has 0 unspecified atom stereocenters. The Morgan fingerprint density at radius 1 is 1.11 bits per heavy atom. The Labute approximate surface area is 207 Å². The fourth-order valence-corrected chi connectivity index (χ4v) is 5.81. The molecule has 0 radical (unpaired) electrons. The number of rotatable bonds is 5. The zero-order chi connectivity index (χ0) is 24.6. The predicted molar refractivity (Wildman–Crippen MR) is 133 cm³/mol. The van der Waals surface area contributed by atoms with Gasteiger partial charge in [0.2, 0.25) is 5.90 Å². The first kappa shape index (κ1) is 23.0. The molecule has 2 aromatic carbocycles. The minimum Gasteiger partial charge on any atom is -0.476 e. The number of benzene rings is 2. The Bertz CT molecular complexity index is 1650. The Morgan fingerprint density at radius 3 is 2.60 bits per heavy atom. The monoisotopic (exact) mass is 529 g/mol. The number of amides is 2. The van der Waals surface area contributed by atoms with Crippen molar-refractivity contribution in [2.45, 2.75) is 4.21 Å². The molecule has 0 fully saturated rings. The van der Waals surface area contributed by atoms with Crippen LogP contribution in [0.15, 0.2) is 74.9 Å². The van der Waals surface area contributed by atoms with E-state index in [1.54, 1.807) is 42.5 Å². The summed E-state index contributed by atoms with van der Waals surface area (Å²) in [6.07, 6.45) is 1.42. The number of anilines is 1. The normalized spacial score (nSPS) is 13.3. The number of halogens is 1. The summed E-state index contributed by atoms with van der Waals surface area (Å²) in [6, 6.07) is 13.3. The molecule has 5 rings (SSSR count). The van der Waals surface area contributed by atoms with Gasteiger partial charge in [-0.2, -0.15) is 0 Å². The van der Waals surface area contributed by atoms with E-state index in [-0.39, 0.29) is 14.1 Å². The number of hydrogen-bond donors (Lipinski definition) is 2. The number of carbonyl (C=O) groups excluding carboxylic acids is 1. The van der Waals surface area contributed by atoms with E-state index >= 15 is 0 Å². The van der Waals surface area contributed by atoms with Gasteiger partial charge >= 0.3 is 6.03 Å². The molecule has 1 aliphatic rings. The fraction of sp³-hybridized carbons (Fsp3) is 0.0909. The van der Waals surface area contributed by atoms with Crippen LogP contribution in [-0.2, 0) is 14.8 Å². The Kier molecular flexibility index (Phi) is 6.01. The van der Waals surface area contributed by atoms with Gasteiger partial charge in [0.25, 0.3) is 15.6 Å². The molecule has 13 heteroatoms. The Balaban J connectivity index is 1.33. The van der Waals surface area contributed by atoms with Gasteiger partial charge in [-0.3, -0.25) is 9.36 Å². The van der Waals surface area contributed by atoms with Crippen LogP contribution in [0.3, 0.4) is 0 Å². The van der Waals surface area contributed by atoms with E-state index in [1.165, 1.54) is 23.0 Å². The van der Waals surface area contributed by atoms with Crippen molar-refractivity contribution < 1.29 is 17.9 Å². The number of fused-ring (bicyclic) bond motifs is 1. The van der Waals surface area contributed by atoms with E-state index in [0.717, 1.165) is 16.9 Å². The van der Waals surface area contributed by atoms with Gasteiger partial charge in [-0.15, -0.1) is 11.3 Å². The van der Waals surface area contributed by atoms with Crippen LogP contribution in [-0.4, -0.2) is 43.0 Å². The number of aliphatic imine (C=N–C) groups is 1. The molecule has 0 saturated carbocycles. The summed E-state index contributed by atoms with van der Waals surface area (Å²) in [6.45, 7) is 1.14. The molecule has 3 heterocycles. The zero-order valence-electron chi connectivity index (χ0n) is 17.8. The van der Waals surface area contributed by atoms with Crippen molar-refractivity contribution in [1.82, 2.24) is 14.3 Å². The zero-order valence-corrected chi connectivity index (χ0v) is 20.2. The van der Waals surface area contributed by atoms with Crippen LogP contribution < -0.4 is 15.6 Å². The van der Waals surface area contributed by atoms with Crippen LogP contribution in [0.5, 0.6) is 0 Å². The number of nitrogens with one attached hydrogen (secondary N) is 2. The molecule has 2 aromatic heterocycles. The van der Waals surface area contributed by atoms with Gasteiger partial charge in [0.05, 0.1) is 27.5 Å². The molecule has 0 aliphatic carbocycles. The molecule has 2 N–H and O–H groups in total. The third-order valence-electron chi connectivity index (χ3n) is 5.04. The number of aromatic nitrogens is 2. The summed E-state index contributed by atoms with van der Waals surface area (Å²) in [5, 5.41) is 2.87. The van der Waals surface area contributed by atoms with Crippen molar-refractivity contribution in [1.29, 1.82) is 0 Å². The van der Waals surface area contributed by atoms with Crippen LogP contribution >= 0.6 is 22.9 Å². The summed E-state index contributed by atoms with van der Waals surface area (Å²) in [7, 11) is -4.04. The first-order chi connectivity index (χ1) is 16.8. The quantitative estimate of drug-likeness (QED) is 0.407. The maximum Gasteiger partial charge on any atom is 0.333 e. The molecular formula is C22H16ClN5O5S2. The van der Waals surface area contributed by atoms with E-state index in [2.05, 4.69) is 15.3 Å². The molecule has 1 aliphatic heterocycles. The number of thiophene rings is 1. The summed E-state index contributed by atoms with van der Waals surface area (Å²) in [5.74, 6) is 0.539. The minimum atomic E-state index is -4.04. The summed E-state index contributed by atoms with van der Waals surface area (Å²) in [5.41, 5.74) is 1.86. The SMILES string of the molecule is O=C(Nc1ccc(-n2cnc3cc(C4=NCCO4)ccc3c2=O)cc1)NS(=O)(=O)c1ccc(Cl)s1. The van der Waals surface area contributed by atoms with Crippen LogP contribution in [0.25, 0.3) is 16.6 Å². The largest absolute Gasteiger partial charge is 0.476 e. The van der Waals surface area contributed by atoms with Crippen molar-refractivity contribution in [3.63, 3.8) is 0 Å². The topological polar surface area (TPSA) is 132 Å². The lowest BCUT2D eigenvalue weighted by atomic mass is 10.1. The third-order valence-corrected chi connectivity index (χ3v) is 8.09. The van der Waals surface area contributed by atoms with Gasteiger partial charge < -0.3 is 10.1 Å². The number of nitrogens with zero attached hydrogens (tertiary/aromatic N) is 3. The number of ether oxygens (including phenoxy) is 1. The van der Waals surface area contributed by atoms with Crippen molar-refractivity contribution in [3.8, 4) is 5.69 Å². The van der Waals surface area contributed by atoms with Gasteiger partial charge in [-0.05, 0) is 54.6 Å². The van der Waals surface area contributed by atoms with Crippen molar-refractivity contribution in [2.24, 2.45) is 4.99 Å². The van der Waals surface area contributed by atoms with E-state index < -0.39 is 16.1 Å². The molecule has 0 bridgehead atoms.